The first kappa shape index (κ1) is 13.7. The normalized spacial score (nSPS) is 10.4. The van der Waals surface area contributed by atoms with E-state index in [4.69, 9.17) is 21.1 Å². The van der Waals surface area contributed by atoms with Crippen LogP contribution in [0.4, 0.5) is 0 Å². The molecule has 1 aromatic heterocycles. The highest BCUT2D eigenvalue weighted by Crippen LogP contribution is 2.37. The molecule has 0 radical (unpaired) electrons. The van der Waals surface area contributed by atoms with Gasteiger partial charge in [0, 0.05) is 5.33 Å². The number of thiophene rings is 1. The summed E-state index contributed by atoms with van der Waals surface area (Å²) >= 11 is 11.2. The van der Waals surface area contributed by atoms with Gasteiger partial charge in [-0.05, 0) is 40.1 Å². The minimum atomic E-state index is 0.493. The van der Waals surface area contributed by atoms with Crippen molar-refractivity contribution in [2.24, 2.45) is 0 Å². The fourth-order valence-corrected chi connectivity index (χ4v) is 2.79. The lowest BCUT2D eigenvalue weighted by Crippen LogP contribution is -1.98. The lowest BCUT2D eigenvalue weighted by atomic mass is 10.2. The summed E-state index contributed by atoms with van der Waals surface area (Å²) in [6, 6.07) is 5.82. The zero-order valence-corrected chi connectivity index (χ0v) is 12.9. The molecule has 0 unspecified atom stereocenters. The Morgan fingerprint density at radius 1 is 1.33 bits per heavy atom. The van der Waals surface area contributed by atoms with Gasteiger partial charge in [-0.2, -0.15) is 11.3 Å². The van der Waals surface area contributed by atoms with Crippen molar-refractivity contribution in [2.45, 2.75) is 11.9 Å². The van der Waals surface area contributed by atoms with Crippen LogP contribution in [0.25, 0.3) is 0 Å². The number of halogens is 2. The molecule has 0 aliphatic carbocycles. The van der Waals surface area contributed by atoms with Gasteiger partial charge in [0.25, 0.3) is 0 Å². The van der Waals surface area contributed by atoms with E-state index in [1.54, 1.807) is 18.4 Å². The maximum absolute atomic E-state index is 6.21. The quantitative estimate of drug-likeness (QED) is 0.717. The highest BCUT2D eigenvalue weighted by molar-refractivity contribution is 9.08. The average molecular weight is 348 g/mol. The zero-order chi connectivity index (χ0) is 13.0. The molecular formula is C13H12BrClO2S. The monoisotopic (exact) mass is 346 g/mol. The van der Waals surface area contributed by atoms with E-state index in [1.165, 1.54) is 0 Å². The van der Waals surface area contributed by atoms with E-state index in [-0.39, 0.29) is 0 Å². The molecule has 2 aromatic rings. The van der Waals surface area contributed by atoms with Crippen LogP contribution in [0.2, 0.25) is 5.02 Å². The minimum Gasteiger partial charge on any atom is -0.493 e. The molecule has 0 aliphatic rings. The minimum absolute atomic E-state index is 0.493. The Labute approximate surface area is 124 Å². The second-order valence-corrected chi connectivity index (χ2v) is 5.41. The average Bonchev–Trinajstić information content (AvgIpc) is 2.89. The predicted molar refractivity (Wildman–Crippen MR) is 79.3 cm³/mol. The van der Waals surface area contributed by atoms with E-state index in [0.717, 1.165) is 16.5 Å². The Morgan fingerprint density at radius 3 is 2.78 bits per heavy atom. The van der Waals surface area contributed by atoms with Gasteiger partial charge in [-0.25, -0.2) is 0 Å². The molecule has 2 nitrogen and oxygen atoms in total. The van der Waals surface area contributed by atoms with Gasteiger partial charge in [-0.15, -0.1) is 0 Å². The van der Waals surface area contributed by atoms with Gasteiger partial charge in [0.1, 0.15) is 6.61 Å². The zero-order valence-electron chi connectivity index (χ0n) is 9.78. The summed E-state index contributed by atoms with van der Waals surface area (Å²) < 4.78 is 11.0. The second kappa shape index (κ2) is 6.45. The molecule has 1 aromatic carbocycles. The summed E-state index contributed by atoms with van der Waals surface area (Å²) in [5.41, 5.74) is 2.18. The predicted octanol–water partition coefficient (Wildman–Crippen LogP) is 4.88. The highest BCUT2D eigenvalue weighted by atomic mass is 79.9. The maximum Gasteiger partial charge on any atom is 0.180 e. The van der Waals surface area contributed by atoms with Crippen LogP contribution in [0.3, 0.4) is 0 Å². The summed E-state index contributed by atoms with van der Waals surface area (Å²) in [6.07, 6.45) is 0. The molecule has 0 N–H and O–H groups in total. The lowest BCUT2D eigenvalue weighted by molar-refractivity contribution is 0.285. The summed E-state index contributed by atoms with van der Waals surface area (Å²) in [5.74, 6) is 1.25. The molecule has 0 spiro atoms. The van der Waals surface area contributed by atoms with Crippen LogP contribution in [0.5, 0.6) is 11.5 Å². The van der Waals surface area contributed by atoms with E-state index < -0.39 is 0 Å². The van der Waals surface area contributed by atoms with Crippen molar-refractivity contribution >= 4 is 38.9 Å². The van der Waals surface area contributed by atoms with Crippen LogP contribution in [-0.2, 0) is 11.9 Å². The van der Waals surface area contributed by atoms with E-state index in [0.29, 0.717) is 23.1 Å². The van der Waals surface area contributed by atoms with Crippen LogP contribution in [0.15, 0.2) is 29.0 Å². The summed E-state index contributed by atoms with van der Waals surface area (Å²) in [6.45, 7) is 0.493. The third-order valence-corrected chi connectivity index (χ3v) is 4.07. The van der Waals surface area contributed by atoms with Gasteiger partial charge >= 0.3 is 0 Å². The molecule has 0 atom stereocenters. The Morgan fingerprint density at radius 2 is 2.17 bits per heavy atom. The van der Waals surface area contributed by atoms with Gasteiger partial charge < -0.3 is 9.47 Å². The van der Waals surface area contributed by atoms with Crippen LogP contribution in [0, 0.1) is 0 Å². The number of hydrogen-bond donors (Lipinski definition) is 0. The standard InChI is InChI=1S/C13H12BrClO2S/c1-16-12-5-10(6-14)4-11(15)13(12)17-7-9-2-3-18-8-9/h2-5,8H,6-7H2,1H3. The van der Waals surface area contributed by atoms with Gasteiger partial charge in [0.2, 0.25) is 0 Å². The number of ether oxygens (including phenoxy) is 2. The van der Waals surface area contributed by atoms with Gasteiger partial charge in [0.15, 0.2) is 11.5 Å². The van der Waals surface area contributed by atoms with E-state index >= 15 is 0 Å². The number of methoxy groups -OCH3 is 1. The molecule has 0 bridgehead atoms. The van der Waals surface area contributed by atoms with Crippen molar-refractivity contribution in [3.63, 3.8) is 0 Å². The van der Waals surface area contributed by atoms with Crippen LogP contribution in [0.1, 0.15) is 11.1 Å². The topological polar surface area (TPSA) is 18.5 Å². The van der Waals surface area contributed by atoms with Crippen LogP contribution >= 0.6 is 38.9 Å². The van der Waals surface area contributed by atoms with Crippen LogP contribution in [-0.4, -0.2) is 7.11 Å². The third-order valence-electron chi connectivity index (χ3n) is 2.41. The van der Waals surface area contributed by atoms with Crippen molar-refractivity contribution in [2.75, 3.05) is 7.11 Å². The third kappa shape index (κ3) is 3.19. The van der Waals surface area contributed by atoms with E-state index in [1.807, 2.05) is 29.0 Å². The van der Waals surface area contributed by atoms with Crippen molar-refractivity contribution in [3.8, 4) is 11.5 Å². The number of alkyl halides is 1. The molecule has 0 saturated carbocycles. The molecule has 0 amide bonds. The summed E-state index contributed by atoms with van der Waals surface area (Å²) in [5, 5.41) is 5.37. The molecule has 18 heavy (non-hydrogen) atoms. The Hall–Kier alpha value is -0.710. The molecule has 2 rings (SSSR count). The first-order valence-corrected chi connectivity index (χ1v) is 7.75. The first-order valence-electron chi connectivity index (χ1n) is 5.31. The van der Waals surface area contributed by atoms with Crippen LogP contribution < -0.4 is 9.47 Å². The Balaban J connectivity index is 2.20. The first-order chi connectivity index (χ1) is 8.74. The molecule has 0 fully saturated rings. The number of benzene rings is 1. The lowest BCUT2D eigenvalue weighted by Gasteiger charge is -2.13. The van der Waals surface area contributed by atoms with Crippen molar-refractivity contribution < 1.29 is 9.47 Å². The smallest absolute Gasteiger partial charge is 0.180 e. The fourth-order valence-electron chi connectivity index (χ4n) is 1.52. The van der Waals surface area contributed by atoms with E-state index in [9.17, 15) is 0 Å². The largest absolute Gasteiger partial charge is 0.493 e. The van der Waals surface area contributed by atoms with Crippen molar-refractivity contribution in [1.29, 1.82) is 0 Å². The SMILES string of the molecule is COc1cc(CBr)cc(Cl)c1OCc1ccsc1. The maximum atomic E-state index is 6.21. The molecule has 0 saturated heterocycles. The molecule has 0 aliphatic heterocycles. The number of hydrogen-bond acceptors (Lipinski definition) is 3. The number of rotatable bonds is 5. The van der Waals surface area contributed by atoms with Gasteiger partial charge in [0.05, 0.1) is 12.1 Å². The fraction of sp³-hybridized carbons (Fsp3) is 0.231. The highest BCUT2D eigenvalue weighted by Gasteiger charge is 2.12. The Bertz CT molecular complexity index is 514. The summed E-state index contributed by atoms with van der Waals surface area (Å²) in [7, 11) is 1.61. The van der Waals surface area contributed by atoms with Crippen molar-refractivity contribution in [1.82, 2.24) is 0 Å². The Kier molecular flexibility index (Phi) is 4.92. The molecular weight excluding hydrogens is 336 g/mol. The van der Waals surface area contributed by atoms with Crippen molar-refractivity contribution in [3.05, 3.63) is 45.1 Å². The van der Waals surface area contributed by atoms with Gasteiger partial charge in [-0.3, -0.25) is 0 Å². The molecule has 5 heteroatoms. The summed E-state index contributed by atoms with van der Waals surface area (Å²) in [4.78, 5) is 0. The van der Waals surface area contributed by atoms with Gasteiger partial charge in [-0.1, -0.05) is 27.5 Å². The van der Waals surface area contributed by atoms with E-state index in [2.05, 4.69) is 15.9 Å². The molecule has 96 valence electrons. The molecule has 1 heterocycles. The second-order valence-electron chi connectivity index (χ2n) is 3.66.